The fourth-order valence-corrected chi connectivity index (χ4v) is 3.86. The Morgan fingerprint density at radius 3 is 2.26 bits per heavy atom. The molecule has 0 fully saturated rings. The summed E-state index contributed by atoms with van der Waals surface area (Å²) in [4.78, 5) is 0. The molecule has 3 rings (SSSR count). The molecule has 35 heavy (non-hydrogen) atoms. The molecule has 3 aromatic rings. The molecule has 0 saturated carbocycles. The third-order valence-corrected chi connectivity index (χ3v) is 6.54. The Hall–Kier alpha value is -2.36. The SMILES string of the molecule is Cc1c(CO)nnn1CC(O)COc1ccc(C(C)(C)c2ccc(OCC(O)CCl)c(Cl)c2)cc1. The summed E-state index contributed by atoms with van der Waals surface area (Å²) in [6.45, 7) is 6.17. The lowest BCUT2D eigenvalue weighted by molar-refractivity contribution is 0.0882. The molecule has 0 aliphatic carbocycles. The number of aliphatic hydroxyl groups is 3. The molecule has 2 atom stereocenters. The smallest absolute Gasteiger partial charge is 0.138 e. The van der Waals surface area contributed by atoms with Crippen LogP contribution in [0.2, 0.25) is 5.02 Å². The topological polar surface area (TPSA) is 110 Å². The highest BCUT2D eigenvalue weighted by Gasteiger charge is 2.24. The second kappa shape index (κ2) is 12.1. The first kappa shape index (κ1) is 27.2. The van der Waals surface area contributed by atoms with Gasteiger partial charge in [-0.2, -0.15) is 0 Å². The van der Waals surface area contributed by atoms with Gasteiger partial charge in [-0.1, -0.05) is 48.9 Å². The van der Waals surface area contributed by atoms with E-state index in [-0.39, 0.29) is 37.7 Å². The van der Waals surface area contributed by atoms with Crippen LogP contribution >= 0.6 is 23.2 Å². The molecule has 0 bridgehead atoms. The van der Waals surface area contributed by atoms with Crippen molar-refractivity contribution >= 4 is 23.2 Å². The van der Waals surface area contributed by atoms with Gasteiger partial charge in [-0.15, -0.1) is 16.7 Å². The Labute approximate surface area is 215 Å². The highest BCUT2D eigenvalue weighted by atomic mass is 35.5. The van der Waals surface area contributed by atoms with Crippen LogP contribution in [-0.4, -0.2) is 61.6 Å². The number of benzene rings is 2. The molecule has 190 valence electrons. The Morgan fingerprint density at radius 1 is 1.00 bits per heavy atom. The summed E-state index contributed by atoms with van der Waals surface area (Å²) in [6, 6.07) is 13.3. The number of alkyl halides is 1. The lowest BCUT2D eigenvalue weighted by Gasteiger charge is -2.27. The third kappa shape index (κ3) is 6.86. The number of nitrogens with zero attached hydrogens (tertiary/aromatic N) is 3. The number of hydrogen-bond acceptors (Lipinski definition) is 7. The van der Waals surface area contributed by atoms with Crippen LogP contribution in [0.1, 0.15) is 36.4 Å². The highest BCUT2D eigenvalue weighted by molar-refractivity contribution is 6.32. The van der Waals surface area contributed by atoms with Crippen LogP contribution in [0.25, 0.3) is 0 Å². The molecule has 10 heteroatoms. The van der Waals surface area contributed by atoms with Gasteiger partial charge >= 0.3 is 0 Å². The standard InChI is InChI=1S/C25H31Cl2N3O5/c1-16-23(13-31)28-29-30(16)12-20(33)15-34-21-7-4-17(5-8-21)25(2,3)18-6-9-24(22(27)10-18)35-14-19(32)11-26/h4-10,19-20,31-33H,11-15H2,1-3H3. The van der Waals surface area contributed by atoms with E-state index in [1.165, 1.54) is 0 Å². The molecule has 0 aliphatic rings. The zero-order valence-electron chi connectivity index (χ0n) is 20.0. The van der Waals surface area contributed by atoms with Crippen molar-refractivity contribution in [1.82, 2.24) is 15.0 Å². The molecular formula is C25H31Cl2N3O5. The van der Waals surface area contributed by atoms with Crippen molar-refractivity contribution in [1.29, 1.82) is 0 Å². The molecule has 0 amide bonds. The molecule has 1 heterocycles. The summed E-state index contributed by atoms with van der Waals surface area (Å²) in [5.74, 6) is 1.22. The van der Waals surface area contributed by atoms with E-state index in [1.54, 1.807) is 17.7 Å². The molecular weight excluding hydrogens is 493 g/mol. The van der Waals surface area contributed by atoms with Gasteiger partial charge < -0.3 is 24.8 Å². The van der Waals surface area contributed by atoms with Crippen molar-refractivity contribution < 1.29 is 24.8 Å². The first-order chi connectivity index (χ1) is 16.6. The van der Waals surface area contributed by atoms with Gasteiger partial charge in [0, 0.05) is 5.41 Å². The van der Waals surface area contributed by atoms with E-state index in [9.17, 15) is 15.3 Å². The van der Waals surface area contributed by atoms with E-state index in [1.807, 2.05) is 36.4 Å². The molecule has 0 spiro atoms. The van der Waals surface area contributed by atoms with Crippen LogP contribution in [0.5, 0.6) is 11.5 Å². The van der Waals surface area contributed by atoms with Gasteiger partial charge in [-0.3, -0.25) is 0 Å². The summed E-state index contributed by atoms with van der Waals surface area (Å²) in [6.07, 6.45) is -1.54. The fourth-order valence-electron chi connectivity index (χ4n) is 3.53. The summed E-state index contributed by atoms with van der Waals surface area (Å²) in [5, 5.41) is 37.4. The second-order valence-corrected chi connectivity index (χ2v) is 9.56. The van der Waals surface area contributed by atoms with E-state index in [0.717, 1.165) is 11.1 Å². The zero-order chi connectivity index (χ0) is 25.6. The van der Waals surface area contributed by atoms with Crippen molar-refractivity contribution in [3.63, 3.8) is 0 Å². The van der Waals surface area contributed by atoms with Crippen molar-refractivity contribution in [2.75, 3.05) is 19.1 Å². The predicted molar refractivity (Wildman–Crippen MR) is 134 cm³/mol. The number of halogens is 2. The fraction of sp³-hybridized carbons (Fsp3) is 0.440. The number of ether oxygens (including phenoxy) is 2. The van der Waals surface area contributed by atoms with Crippen LogP contribution in [0.3, 0.4) is 0 Å². The molecule has 3 N–H and O–H groups in total. The summed E-state index contributed by atoms with van der Waals surface area (Å²) >= 11 is 12.0. The van der Waals surface area contributed by atoms with E-state index in [0.29, 0.717) is 27.9 Å². The number of aliphatic hydroxyl groups excluding tert-OH is 3. The molecule has 0 radical (unpaired) electrons. The summed E-state index contributed by atoms with van der Waals surface area (Å²) < 4.78 is 12.8. The first-order valence-corrected chi connectivity index (χ1v) is 12.1. The van der Waals surface area contributed by atoms with Crippen LogP contribution in [-0.2, 0) is 18.6 Å². The van der Waals surface area contributed by atoms with E-state index in [4.69, 9.17) is 32.7 Å². The number of rotatable bonds is 12. The van der Waals surface area contributed by atoms with Crippen LogP contribution in [0, 0.1) is 6.92 Å². The Kier molecular flexibility index (Phi) is 9.38. The largest absolute Gasteiger partial charge is 0.491 e. The normalized spacial score (nSPS) is 13.5. The third-order valence-electron chi connectivity index (χ3n) is 5.89. The molecule has 2 unspecified atom stereocenters. The molecule has 0 saturated heterocycles. The van der Waals surface area contributed by atoms with Crippen LogP contribution in [0.4, 0.5) is 0 Å². The van der Waals surface area contributed by atoms with Gasteiger partial charge in [0.05, 0.1) is 29.7 Å². The van der Waals surface area contributed by atoms with Gasteiger partial charge in [0.15, 0.2) is 0 Å². The lowest BCUT2D eigenvalue weighted by Crippen LogP contribution is -2.25. The quantitative estimate of drug-likeness (QED) is 0.311. The number of aromatic nitrogens is 3. The van der Waals surface area contributed by atoms with Crippen LogP contribution in [0.15, 0.2) is 42.5 Å². The van der Waals surface area contributed by atoms with Gasteiger partial charge in [0.2, 0.25) is 0 Å². The van der Waals surface area contributed by atoms with Crippen molar-refractivity contribution in [3.8, 4) is 11.5 Å². The second-order valence-electron chi connectivity index (χ2n) is 8.84. The van der Waals surface area contributed by atoms with Gasteiger partial charge in [-0.05, 0) is 42.3 Å². The first-order valence-electron chi connectivity index (χ1n) is 11.2. The maximum absolute atomic E-state index is 10.3. The minimum absolute atomic E-state index is 0.0737. The van der Waals surface area contributed by atoms with E-state index < -0.39 is 12.2 Å². The molecule has 1 aromatic heterocycles. The van der Waals surface area contributed by atoms with E-state index >= 15 is 0 Å². The minimum Gasteiger partial charge on any atom is -0.491 e. The zero-order valence-corrected chi connectivity index (χ0v) is 21.5. The average Bonchev–Trinajstić information content (AvgIpc) is 3.20. The predicted octanol–water partition coefficient (Wildman–Crippen LogP) is 3.48. The molecule has 0 aliphatic heterocycles. The maximum atomic E-state index is 10.3. The summed E-state index contributed by atoms with van der Waals surface area (Å²) in [7, 11) is 0. The van der Waals surface area contributed by atoms with E-state index in [2.05, 4.69) is 24.2 Å². The maximum Gasteiger partial charge on any atom is 0.138 e. The summed E-state index contributed by atoms with van der Waals surface area (Å²) in [5.41, 5.74) is 2.92. The van der Waals surface area contributed by atoms with Gasteiger partial charge in [-0.25, -0.2) is 4.68 Å². The molecule has 2 aromatic carbocycles. The monoisotopic (exact) mass is 523 g/mol. The Bertz CT molecular complexity index is 1100. The highest BCUT2D eigenvalue weighted by Crippen LogP contribution is 2.36. The van der Waals surface area contributed by atoms with Crippen molar-refractivity contribution in [2.24, 2.45) is 0 Å². The van der Waals surface area contributed by atoms with Crippen molar-refractivity contribution in [2.45, 2.75) is 51.5 Å². The van der Waals surface area contributed by atoms with Crippen LogP contribution < -0.4 is 9.47 Å². The average molecular weight is 524 g/mol. The number of hydrogen-bond donors (Lipinski definition) is 3. The Balaban J connectivity index is 1.60. The van der Waals surface area contributed by atoms with Gasteiger partial charge in [0.1, 0.15) is 42.6 Å². The minimum atomic E-state index is -0.786. The van der Waals surface area contributed by atoms with Gasteiger partial charge in [0.25, 0.3) is 0 Å². The molecule has 8 nitrogen and oxygen atoms in total. The lowest BCUT2D eigenvalue weighted by atomic mass is 9.78. The van der Waals surface area contributed by atoms with Crippen molar-refractivity contribution in [3.05, 3.63) is 70.0 Å². The Morgan fingerprint density at radius 2 is 1.66 bits per heavy atom.